The van der Waals surface area contributed by atoms with Crippen LogP contribution < -0.4 is 4.90 Å². The van der Waals surface area contributed by atoms with Crippen molar-refractivity contribution in [1.82, 2.24) is 19.7 Å². The molecule has 0 unspecified atom stereocenters. The van der Waals surface area contributed by atoms with Crippen LogP contribution in [0.1, 0.15) is 80.5 Å². The van der Waals surface area contributed by atoms with Crippen molar-refractivity contribution >= 4 is 22.7 Å². The second-order valence-electron chi connectivity index (χ2n) is 10.6. The van der Waals surface area contributed by atoms with E-state index in [-0.39, 0.29) is 5.97 Å². The predicted molar refractivity (Wildman–Crippen MR) is 155 cm³/mol. The third kappa shape index (κ3) is 5.68. The Morgan fingerprint density at radius 1 is 1.05 bits per heavy atom. The molecule has 3 aliphatic rings. The number of morpholine rings is 1. The van der Waals surface area contributed by atoms with E-state index in [2.05, 4.69) is 34.9 Å². The third-order valence-electron chi connectivity index (χ3n) is 8.23. The fraction of sp³-hybridized carbons (Fsp3) is 0.581. The highest BCUT2D eigenvalue weighted by Gasteiger charge is 2.32. The molecule has 2 saturated heterocycles. The van der Waals surface area contributed by atoms with Gasteiger partial charge in [-0.05, 0) is 63.3 Å². The van der Waals surface area contributed by atoms with E-state index >= 15 is 0 Å². The molecule has 1 aromatic carbocycles. The number of carbonyl (C=O) groups excluding carboxylic acids is 1. The van der Waals surface area contributed by atoms with Crippen molar-refractivity contribution in [2.24, 2.45) is 0 Å². The number of rotatable bonds is 6. The van der Waals surface area contributed by atoms with E-state index < -0.39 is 0 Å². The van der Waals surface area contributed by atoms with Gasteiger partial charge in [-0.25, -0.2) is 14.5 Å². The van der Waals surface area contributed by atoms with E-state index in [9.17, 15) is 4.79 Å². The highest BCUT2D eigenvalue weighted by Crippen LogP contribution is 2.43. The zero-order chi connectivity index (χ0) is 27.4. The van der Waals surface area contributed by atoms with E-state index in [0.717, 1.165) is 93.2 Å². The van der Waals surface area contributed by atoms with Crippen LogP contribution in [-0.4, -0.2) is 77.7 Å². The number of hydrogen-bond acceptors (Lipinski definition) is 7. The fourth-order valence-corrected chi connectivity index (χ4v) is 6.00. The van der Waals surface area contributed by atoms with Gasteiger partial charge in [-0.15, -0.1) is 0 Å². The molecular formula is C31H43N5O3. The molecule has 0 amide bonds. The molecule has 0 radical (unpaired) electrons. The lowest BCUT2D eigenvalue weighted by atomic mass is 9.82. The molecule has 0 spiro atoms. The summed E-state index contributed by atoms with van der Waals surface area (Å²) in [5.74, 6) is 0.0597. The molecule has 6 rings (SSSR count). The van der Waals surface area contributed by atoms with Crippen LogP contribution in [0.2, 0.25) is 0 Å². The standard InChI is InChI=1S/C29H37N5O3.C2H6/c1-3-37-29(35)24-19-25(33-12-10-22(11-13-33)32-14-16-36-17-15-32)26-27(21-7-5-8-21)31-34(28(26)30-24)23-9-4-6-20(2)18-23;1-2/h4,6,9,18-19,21-22H,3,5,7-8,10-17H2,1-2H3;1-2H3. The Kier molecular flexibility index (Phi) is 8.82. The second kappa shape index (κ2) is 12.5. The highest BCUT2D eigenvalue weighted by molar-refractivity contribution is 5.99. The monoisotopic (exact) mass is 533 g/mol. The quantitative estimate of drug-likeness (QED) is 0.388. The van der Waals surface area contributed by atoms with Crippen molar-refractivity contribution in [3.63, 3.8) is 0 Å². The van der Waals surface area contributed by atoms with Gasteiger partial charge in [0.2, 0.25) is 0 Å². The first-order valence-corrected chi connectivity index (χ1v) is 14.9. The minimum absolute atomic E-state index is 0.323. The van der Waals surface area contributed by atoms with Gasteiger partial charge in [-0.1, -0.05) is 32.4 Å². The lowest BCUT2D eigenvalue weighted by Gasteiger charge is -2.41. The summed E-state index contributed by atoms with van der Waals surface area (Å²) in [5, 5.41) is 6.27. The number of carbonyl (C=O) groups is 1. The van der Waals surface area contributed by atoms with Crippen LogP contribution in [0.25, 0.3) is 16.7 Å². The summed E-state index contributed by atoms with van der Waals surface area (Å²) in [6.45, 7) is 13.8. The van der Waals surface area contributed by atoms with Gasteiger partial charge in [-0.3, -0.25) is 4.90 Å². The van der Waals surface area contributed by atoms with Crippen LogP contribution in [0.5, 0.6) is 0 Å². The average Bonchev–Trinajstić information content (AvgIpc) is 3.32. The second-order valence-corrected chi connectivity index (χ2v) is 10.6. The molecule has 39 heavy (non-hydrogen) atoms. The molecule has 8 heteroatoms. The number of piperidine rings is 1. The van der Waals surface area contributed by atoms with Gasteiger partial charge in [0, 0.05) is 38.1 Å². The summed E-state index contributed by atoms with van der Waals surface area (Å²) in [6.07, 6.45) is 5.74. The topological polar surface area (TPSA) is 72.7 Å². The number of ether oxygens (including phenoxy) is 2. The van der Waals surface area contributed by atoms with Crippen molar-refractivity contribution in [3.05, 3.63) is 47.3 Å². The van der Waals surface area contributed by atoms with Crippen LogP contribution >= 0.6 is 0 Å². The number of nitrogens with zero attached hydrogens (tertiary/aromatic N) is 5. The molecule has 0 bridgehead atoms. The summed E-state index contributed by atoms with van der Waals surface area (Å²) < 4.78 is 12.9. The Labute approximate surface area is 232 Å². The van der Waals surface area contributed by atoms with Crippen LogP contribution in [0.4, 0.5) is 5.69 Å². The largest absolute Gasteiger partial charge is 0.461 e. The molecule has 4 heterocycles. The van der Waals surface area contributed by atoms with Gasteiger partial charge in [-0.2, -0.15) is 5.10 Å². The molecule has 1 aliphatic carbocycles. The Hall–Kier alpha value is -2.97. The van der Waals surface area contributed by atoms with Crippen LogP contribution in [0, 0.1) is 6.92 Å². The number of hydrogen-bond donors (Lipinski definition) is 0. The lowest BCUT2D eigenvalue weighted by Crippen LogP contribution is -2.49. The van der Waals surface area contributed by atoms with Gasteiger partial charge < -0.3 is 14.4 Å². The molecule has 1 saturated carbocycles. The Morgan fingerprint density at radius 2 is 1.79 bits per heavy atom. The molecule has 210 valence electrons. The Morgan fingerprint density at radius 3 is 2.44 bits per heavy atom. The van der Waals surface area contributed by atoms with Crippen molar-refractivity contribution in [3.8, 4) is 5.69 Å². The molecule has 3 aromatic rings. The van der Waals surface area contributed by atoms with Crippen LogP contribution in [0.3, 0.4) is 0 Å². The van der Waals surface area contributed by atoms with E-state index in [1.807, 2.05) is 37.6 Å². The Balaban J connectivity index is 0.00000151. The molecule has 2 aliphatic heterocycles. The minimum atomic E-state index is -0.379. The summed E-state index contributed by atoms with van der Waals surface area (Å²) in [6, 6.07) is 10.9. The first-order valence-electron chi connectivity index (χ1n) is 14.9. The van der Waals surface area contributed by atoms with E-state index in [4.69, 9.17) is 19.6 Å². The predicted octanol–water partition coefficient (Wildman–Crippen LogP) is 5.50. The number of benzene rings is 1. The fourth-order valence-electron chi connectivity index (χ4n) is 6.00. The van der Waals surface area contributed by atoms with E-state index in [1.54, 1.807) is 0 Å². The first kappa shape index (κ1) is 27.6. The van der Waals surface area contributed by atoms with E-state index in [1.165, 1.54) is 12.0 Å². The van der Waals surface area contributed by atoms with E-state index in [0.29, 0.717) is 24.3 Å². The number of aryl methyl sites for hydroxylation is 1. The van der Waals surface area contributed by atoms with Gasteiger partial charge in [0.15, 0.2) is 11.3 Å². The Bertz CT molecular complexity index is 1270. The zero-order valence-electron chi connectivity index (χ0n) is 24.0. The zero-order valence-corrected chi connectivity index (χ0v) is 24.0. The number of aromatic nitrogens is 3. The summed E-state index contributed by atoms with van der Waals surface area (Å²) in [5.41, 5.74) is 5.45. The maximum atomic E-state index is 12.9. The van der Waals surface area contributed by atoms with Crippen molar-refractivity contribution in [2.45, 2.75) is 71.8 Å². The third-order valence-corrected chi connectivity index (χ3v) is 8.23. The van der Waals surface area contributed by atoms with Gasteiger partial charge in [0.05, 0.1) is 42.3 Å². The number of esters is 1. The van der Waals surface area contributed by atoms with Gasteiger partial charge in [0.25, 0.3) is 0 Å². The normalized spacial score (nSPS) is 18.9. The SMILES string of the molecule is CC.CCOC(=O)c1cc(N2CCC(N3CCOCC3)CC2)c2c(C3CCC3)nn(-c3cccc(C)c3)c2n1. The molecule has 2 aromatic heterocycles. The first-order chi connectivity index (χ1) is 19.1. The van der Waals surface area contributed by atoms with Gasteiger partial charge in [0.1, 0.15) is 0 Å². The smallest absolute Gasteiger partial charge is 0.357 e. The van der Waals surface area contributed by atoms with Crippen molar-refractivity contribution < 1.29 is 14.3 Å². The number of pyridine rings is 1. The van der Waals surface area contributed by atoms with Gasteiger partial charge >= 0.3 is 5.97 Å². The molecular weight excluding hydrogens is 490 g/mol. The van der Waals surface area contributed by atoms with Crippen LogP contribution in [0.15, 0.2) is 30.3 Å². The highest BCUT2D eigenvalue weighted by atomic mass is 16.5. The van der Waals surface area contributed by atoms with Crippen molar-refractivity contribution in [2.75, 3.05) is 50.9 Å². The summed E-state index contributed by atoms with van der Waals surface area (Å²) in [4.78, 5) is 22.9. The molecule has 0 atom stereocenters. The van der Waals surface area contributed by atoms with Crippen molar-refractivity contribution in [1.29, 1.82) is 0 Å². The van der Waals surface area contributed by atoms with Crippen LogP contribution in [-0.2, 0) is 9.47 Å². The minimum Gasteiger partial charge on any atom is -0.461 e. The lowest BCUT2D eigenvalue weighted by molar-refractivity contribution is 0.0115. The molecule has 3 fully saturated rings. The molecule has 0 N–H and O–H groups in total. The maximum absolute atomic E-state index is 12.9. The summed E-state index contributed by atoms with van der Waals surface area (Å²) >= 11 is 0. The average molecular weight is 534 g/mol. The number of fused-ring (bicyclic) bond motifs is 1. The summed E-state index contributed by atoms with van der Waals surface area (Å²) in [7, 11) is 0. The molecule has 8 nitrogen and oxygen atoms in total. The maximum Gasteiger partial charge on any atom is 0.357 e. The number of anilines is 1.